The van der Waals surface area contributed by atoms with Gasteiger partial charge in [-0.15, -0.1) is 0 Å². The SMILES string of the molecule is Cn1cc(S(=O)(=O)N2CCC(Nc3ncc(C#N)c(O[C@@H]4CC[C@@H](O)C4)n3)CC2)cn1. The van der Waals surface area contributed by atoms with Crippen molar-refractivity contribution in [1.29, 1.82) is 5.26 Å². The summed E-state index contributed by atoms with van der Waals surface area (Å²) >= 11 is 0. The Bertz CT molecular complexity index is 1070. The number of hydrogen-bond donors (Lipinski definition) is 2. The maximum absolute atomic E-state index is 12.7. The maximum atomic E-state index is 12.7. The molecule has 0 radical (unpaired) electrons. The summed E-state index contributed by atoms with van der Waals surface area (Å²) in [5.74, 6) is 0.539. The largest absolute Gasteiger partial charge is 0.473 e. The predicted molar refractivity (Wildman–Crippen MR) is 110 cm³/mol. The molecule has 2 aromatic rings. The lowest BCUT2D eigenvalue weighted by Crippen LogP contribution is -2.42. The fourth-order valence-corrected chi connectivity index (χ4v) is 5.34. The Balaban J connectivity index is 1.38. The maximum Gasteiger partial charge on any atom is 0.246 e. The van der Waals surface area contributed by atoms with E-state index in [0.717, 1.165) is 0 Å². The Morgan fingerprint density at radius 2 is 2.03 bits per heavy atom. The lowest BCUT2D eigenvalue weighted by Gasteiger charge is -2.31. The van der Waals surface area contributed by atoms with E-state index < -0.39 is 10.0 Å². The van der Waals surface area contributed by atoms with Gasteiger partial charge in [0.15, 0.2) is 0 Å². The summed E-state index contributed by atoms with van der Waals surface area (Å²) < 4.78 is 34.2. The number of piperidine rings is 1. The smallest absolute Gasteiger partial charge is 0.246 e. The van der Waals surface area contributed by atoms with Crippen LogP contribution in [0, 0.1) is 11.3 Å². The van der Waals surface area contributed by atoms with Gasteiger partial charge >= 0.3 is 0 Å². The van der Waals surface area contributed by atoms with Gasteiger partial charge in [-0.3, -0.25) is 4.68 Å². The number of nitrogens with one attached hydrogen (secondary N) is 1. The molecular weight excluding hydrogens is 422 g/mol. The second-order valence-electron chi connectivity index (χ2n) is 7.90. The standard InChI is InChI=1S/C19H25N7O4S/c1-25-12-17(11-22-25)31(28,29)26-6-4-14(5-7-26)23-19-21-10-13(9-20)18(24-19)30-16-3-2-15(27)8-16/h10-12,14-16,27H,2-8H2,1H3,(H,21,23,24)/t15-,16-/m1/s1. The van der Waals surface area contributed by atoms with Gasteiger partial charge in [0.1, 0.15) is 22.6 Å². The second-order valence-corrected chi connectivity index (χ2v) is 9.84. The van der Waals surface area contributed by atoms with Crippen LogP contribution >= 0.6 is 0 Å². The van der Waals surface area contributed by atoms with Crippen molar-refractivity contribution in [2.75, 3.05) is 18.4 Å². The first-order chi connectivity index (χ1) is 14.8. The molecule has 12 heteroatoms. The third-order valence-electron chi connectivity index (χ3n) is 5.62. The molecule has 0 amide bonds. The summed E-state index contributed by atoms with van der Waals surface area (Å²) in [6.07, 6.45) is 6.78. The van der Waals surface area contributed by atoms with E-state index in [-0.39, 0.29) is 34.6 Å². The summed E-state index contributed by atoms with van der Waals surface area (Å²) in [5.41, 5.74) is 0.240. The topological polar surface area (TPSA) is 146 Å². The van der Waals surface area contributed by atoms with E-state index in [4.69, 9.17) is 4.74 Å². The summed E-state index contributed by atoms with van der Waals surface area (Å²) in [7, 11) is -1.88. The molecule has 166 valence electrons. The Morgan fingerprint density at radius 1 is 1.26 bits per heavy atom. The molecule has 2 N–H and O–H groups in total. The predicted octanol–water partition coefficient (Wildman–Crippen LogP) is 0.639. The third-order valence-corrected chi connectivity index (χ3v) is 7.47. The van der Waals surface area contributed by atoms with Crippen LogP contribution in [0.15, 0.2) is 23.5 Å². The lowest BCUT2D eigenvalue weighted by atomic mass is 10.1. The normalized spacial score (nSPS) is 22.9. The molecule has 2 atom stereocenters. The number of rotatable bonds is 6. The Labute approximate surface area is 180 Å². The van der Waals surface area contributed by atoms with Crippen molar-refractivity contribution in [3.05, 3.63) is 24.2 Å². The molecular formula is C19H25N7O4S. The quantitative estimate of drug-likeness (QED) is 0.651. The van der Waals surface area contributed by atoms with Gasteiger partial charge < -0.3 is 15.2 Å². The zero-order chi connectivity index (χ0) is 22.0. The molecule has 31 heavy (non-hydrogen) atoms. The van der Waals surface area contributed by atoms with Crippen molar-refractivity contribution in [3.63, 3.8) is 0 Å². The van der Waals surface area contributed by atoms with Crippen LogP contribution in [0.25, 0.3) is 0 Å². The van der Waals surface area contributed by atoms with Gasteiger partial charge in [0.2, 0.25) is 21.9 Å². The fraction of sp³-hybridized carbons (Fsp3) is 0.579. The number of sulfonamides is 1. The van der Waals surface area contributed by atoms with Crippen LogP contribution in [-0.2, 0) is 17.1 Å². The minimum atomic E-state index is -3.56. The minimum absolute atomic E-state index is 0.00515. The zero-order valence-electron chi connectivity index (χ0n) is 17.2. The highest BCUT2D eigenvalue weighted by molar-refractivity contribution is 7.89. The van der Waals surface area contributed by atoms with Gasteiger partial charge in [-0.05, 0) is 25.7 Å². The van der Waals surface area contributed by atoms with Gasteiger partial charge in [-0.1, -0.05) is 0 Å². The molecule has 2 aromatic heterocycles. The van der Waals surface area contributed by atoms with E-state index in [1.807, 2.05) is 6.07 Å². The van der Waals surface area contributed by atoms with Crippen molar-refractivity contribution in [3.8, 4) is 11.9 Å². The van der Waals surface area contributed by atoms with Crippen molar-refractivity contribution < 1.29 is 18.3 Å². The number of anilines is 1. The zero-order valence-corrected chi connectivity index (χ0v) is 18.0. The van der Waals surface area contributed by atoms with Crippen LogP contribution in [0.3, 0.4) is 0 Å². The van der Waals surface area contributed by atoms with Crippen molar-refractivity contribution >= 4 is 16.0 Å². The number of nitrogens with zero attached hydrogens (tertiary/aromatic N) is 6. The number of aliphatic hydroxyl groups excluding tert-OH is 1. The molecule has 0 aromatic carbocycles. The number of ether oxygens (including phenoxy) is 1. The van der Waals surface area contributed by atoms with Crippen molar-refractivity contribution in [2.45, 2.75) is 55.2 Å². The molecule has 1 aliphatic carbocycles. The molecule has 11 nitrogen and oxygen atoms in total. The molecule has 3 heterocycles. The number of aliphatic hydroxyl groups is 1. The van der Waals surface area contributed by atoms with Crippen LogP contribution in [0.2, 0.25) is 0 Å². The van der Waals surface area contributed by atoms with E-state index in [0.29, 0.717) is 51.1 Å². The number of hydrogen-bond acceptors (Lipinski definition) is 9. The van der Waals surface area contributed by atoms with Gasteiger partial charge in [-0.2, -0.15) is 19.6 Å². The second kappa shape index (κ2) is 8.78. The van der Waals surface area contributed by atoms with E-state index in [9.17, 15) is 18.8 Å². The summed E-state index contributed by atoms with van der Waals surface area (Å²) in [4.78, 5) is 8.74. The number of aryl methyl sites for hydroxylation is 1. The lowest BCUT2D eigenvalue weighted by molar-refractivity contribution is 0.146. The third kappa shape index (κ3) is 4.79. The van der Waals surface area contributed by atoms with Crippen molar-refractivity contribution in [2.24, 2.45) is 7.05 Å². The van der Waals surface area contributed by atoms with E-state index >= 15 is 0 Å². The summed E-state index contributed by atoms with van der Waals surface area (Å²) in [5, 5.41) is 26.2. The van der Waals surface area contributed by atoms with Gasteiger partial charge in [-0.25, -0.2) is 13.4 Å². The molecule has 1 saturated heterocycles. The average molecular weight is 448 g/mol. The minimum Gasteiger partial charge on any atom is -0.473 e. The average Bonchev–Trinajstić information content (AvgIpc) is 3.37. The highest BCUT2D eigenvalue weighted by Gasteiger charge is 2.31. The van der Waals surface area contributed by atoms with Gasteiger partial charge in [0.05, 0.1) is 18.5 Å². The molecule has 1 aliphatic heterocycles. The highest BCUT2D eigenvalue weighted by Crippen LogP contribution is 2.27. The highest BCUT2D eigenvalue weighted by atomic mass is 32.2. The summed E-state index contributed by atoms with van der Waals surface area (Å²) in [6.45, 7) is 0.739. The van der Waals surface area contributed by atoms with E-state index in [2.05, 4.69) is 20.4 Å². The molecule has 2 aliphatic rings. The van der Waals surface area contributed by atoms with Gasteiger partial charge in [0, 0.05) is 38.8 Å². The fourth-order valence-electron chi connectivity index (χ4n) is 3.89. The molecule has 4 rings (SSSR count). The van der Waals surface area contributed by atoms with E-state index in [1.165, 1.54) is 27.6 Å². The first kappa shape index (κ1) is 21.5. The Kier molecular flexibility index (Phi) is 6.08. The van der Waals surface area contributed by atoms with Crippen LogP contribution < -0.4 is 10.1 Å². The first-order valence-corrected chi connectivity index (χ1v) is 11.7. The molecule has 0 unspecified atom stereocenters. The molecule has 0 bridgehead atoms. The van der Waals surface area contributed by atoms with Crippen LogP contribution in [0.4, 0.5) is 5.95 Å². The van der Waals surface area contributed by atoms with Crippen LogP contribution in [0.1, 0.15) is 37.7 Å². The van der Waals surface area contributed by atoms with Crippen LogP contribution in [-0.4, -0.2) is 68.9 Å². The van der Waals surface area contributed by atoms with Crippen molar-refractivity contribution in [1.82, 2.24) is 24.1 Å². The Hall–Kier alpha value is -2.75. The first-order valence-electron chi connectivity index (χ1n) is 10.2. The molecule has 2 fully saturated rings. The monoisotopic (exact) mass is 447 g/mol. The number of nitriles is 1. The number of aromatic nitrogens is 4. The van der Waals surface area contributed by atoms with Crippen LogP contribution in [0.5, 0.6) is 5.88 Å². The molecule has 0 spiro atoms. The summed E-state index contributed by atoms with van der Waals surface area (Å²) in [6, 6.07) is 2.03. The Morgan fingerprint density at radius 3 is 2.65 bits per heavy atom. The molecule has 1 saturated carbocycles. The van der Waals surface area contributed by atoms with E-state index in [1.54, 1.807) is 7.05 Å². The van der Waals surface area contributed by atoms with Gasteiger partial charge in [0.25, 0.3) is 0 Å².